The Balaban J connectivity index is 3.29. The molecule has 0 fully saturated rings. The van der Waals surface area contributed by atoms with Gasteiger partial charge in [-0.05, 0) is 13.0 Å². The van der Waals surface area contributed by atoms with Gasteiger partial charge in [0.2, 0.25) is 0 Å². The molecule has 0 radical (unpaired) electrons. The Kier molecular flexibility index (Phi) is 5.24. The number of pyridine rings is 1. The maximum Gasteiger partial charge on any atom is 0.498 e. The fourth-order valence-corrected chi connectivity index (χ4v) is 1.61. The van der Waals surface area contributed by atoms with Gasteiger partial charge in [-0.3, -0.25) is 4.98 Å². The molecule has 0 amide bonds. The van der Waals surface area contributed by atoms with Gasteiger partial charge < -0.3 is 9.45 Å². The third kappa shape index (κ3) is 3.48. The van der Waals surface area contributed by atoms with E-state index in [0.717, 1.165) is 16.8 Å². The Morgan fingerprint density at radius 1 is 1.69 bits per heavy atom. The van der Waals surface area contributed by atoms with E-state index in [1.165, 1.54) is 0 Å². The fraction of sp³-hybridized carbons (Fsp3) is 0.0909. The van der Waals surface area contributed by atoms with Gasteiger partial charge in [0.1, 0.15) is 11.5 Å². The van der Waals surface area contributed by atoms with Gasteiger partial charge in [0, 0.05) is 11.4 Å². The Morgan fingerprint density at radius 3 is 3.06 bits per heavy atom. The first kappa shape index (κ1) is 13.0. The van der Waals surface area contributed by atoms with Crippen LogP contribution in [0.2, 0.25) is 0 Å². The van der Waals surface area contributed by atoms with Crippen LogP contribution in [-0.2, 0) is 9.45 Å². The highest BCUT2D eigenvalue weighted by molar-refractivity contribution is 14.1. The highest BCUT2D eigenvalue weighted by Gasteiger charge is 2.11. The largest absolute Gasteiger partial charge is 0.547 e. The van der Waals surface area contributed by atoms with Crippen molar-refractivity contribution in [3.05, 3.63) is 41.6 Å². The normalized spacial score (nSPS) is 13.0. The first-order valence-electron chi connectivity index (χ1n) is 4.69. The van der Waals surface area contributed by atoms with Gasteiger partial charge in [-0.1, -0.05) is 47.2 Å². The second-order valence-corrected chi connectivity index (χ2v) is 4.23. The summed E-state index contributed by atoms with van der Waals surface area (Å²) in [5, 5.41) is 1.65. The minimum absolute atomic E-state index is 0.490. The number of hydrogen-bond donors (Lipinski definition) is 0. The highest BCUT2D eigenvalue weighted by Crippen LogP contribution is 2.00. The number of carbonyl (C=O) groups excluding carboxylic acids is 1. The predicted octanol–water partition coefficient (Wildman–Crippen LogP) is 0.888. The number of carbonyl (C=O) groups is 1. The van der Waals surface area contributed by atoms with E-state index in [4.69, 9.17) is 4.65 Å². The maximum atomic E-state index is 10.5. The summed E-state index contributed by atoms with van der Waals surface area (Å²) in [6, 6.07) is 3.76. The van der Waals surface area contributed by atoms with Crippen molar-refractivity contribution in [2.45, 2.75) is 6.92 Å². The fourth-order valence-electron chi connectivity index (χ4n) is 1.23. The molecule has 3 nitrogen and oxygen atoms in total. The van der Waals surface area contributed by atoms with E-state index < -0.39 is 4.77 Å². The molecule has 0 N–H and O–H groups in total. The molecule has 0 aliphatic rings. The first-order valence-corrected chi connectivity index (χ1v) is 5.94. The van der Waals surface area contributed by atoms with Gasteiger partial charge in [0.05, 0.1) is 5.76 Å². The van der Waals surface area contributed by atoms with E-state index in [9.17, 15) is 4.79 Å². The second-order valence-electron chi connectivity index (χ2n) is 3.00. The summed E-state index contributed by atoms with van der Waals surface area (Å²) in [4.78, 5) is 14.7. The molecule has 1 aromatic heterocycles. The molecule has 0 bridgehead atoms. The summed E-state index contributed by atoms with van der Waals surface area (Å²) in [6.45, 7) is 5.43. The zero-order chi connectivity index (χ0) is 12.0. The quantitative estimate of drug-likeness (QED) is 0.468. The Hall–Kier alpha value is -1.11. The van der Waals surface area contributed by atoms with Crippen molar-refractivity contribution in [1.29, 1.82) is 0 Å². The van der Waals surface area contributed by atoms with Crippen LogP contribution in [0.15, 0.2) is 31.0 Å². The van der Waals surface area contributed by atoms with Gasteiger partial charge in [-0.2, -0.15) is 0 Å². The van der Waals surface area contributed by atoms with Crippen LogP contribution in [0.25, 0.3) is 11.8 Å². The van der Waals surface area contributed by atoms with Crippen molar-refractivity contribution >= 4 is 45.2 Å². The molecule has 0 aliphatic carbocycles. The van der Waals surface area contributed by atoms with Crippen LogP contribution in [0.5, 0.6) is 0 Å². The minimum Gasteiger partial charge on any atom is -0.547 e. The summed E-state index contributed by atoms with van der Waals surface area (Å²) in [7, 11) is 0. The van der Waals surface area contributed by atoms with Gasteiger partial charge in [0.25, 0.3) is 0 Å². The summed E-state index contributed by atoms with van der Waals surface area (Å²) in [5.41, 5.74) is 0. The lowest BCUT2D eigenvalue weighted by molar-refractivity contribution is 0.526. The van der Waals surface area contributed by atoms with Crippen molar-refractivity contribution < 1.29 is 9.45 Å². The lowest BCUT2D eigenvalue weighted by Gasteiger charge is -2.04. The maximum absolute atomic E-state index is 10.5. The van der Waals surface area contributed by atoms with Crippen LogP contribution in [0.4, 0.5) is 0 Å². The Morgan fingerprint density at radius 2 is 2.44 bits per heavy atom. The predicted molar refractivity (Wildman–Crippen MR) is 74.8 cm³/mol. The van der Waals surface area contributed by atoms with E-state index in [0.29, 0.717) is 5.76 Å². The molecule has 1 rings (SSSR count). The van der Waals surface area contributed by atoms with Crippen LogP contribution in [0, 0.1) is 0 Å². The topological polar surface area (TPSA) is 39.2 Å². The van der Waals surface area contributed by atoms with E-state index in [-0.39, 0.29) is 0 Å². The van der Waals surface area contributed by atoms with Gasteiger partial charge in [0.15, 0.2) is 0 Å². The number of halogens is 1. The van der Waals surface area contributed by atoms with Crippen molar-refractivity contribution in [3.8, 4) is 0 Å². The van der Waals surface area contributed by atoms with Gasteiger partial charge in [-0.15, -0.1) is 0 Å². The molecule has 16 heavy (non-hydrogen) atoms. The lowest BCUT2D eigenvalue weighted by atomic mass is 10.1. The SMILES string of the molecule is C=C/C=c1/cccn/c1=C(/C)OB(I)C=O. The zero-order valence-corrected chi connectivity index (χ0v) is 11.0. The molecule has 1 heterocycles. The van der Waals surface area contributed by atoms with E-state index in [2.05, 4.69) is 11.6 Å². The van der Waals surface area contributed by atoms with Crippen LogP contribution in [0.3, 0.4) is 0 Å². The second kappa shape index (κ2) is 6.47. The van der Waals surface area contributed by atoms with Crippen molar-refractivity contribution in [3.63, 3.8) is 0 Å². The molecular weight excluding hydrogens is 316 g/mol. The van der Waals surface area contributed by atoms with Crippen LogP contribution >= 0.6 is 22.4 Å². The number of allylic oxidation sites excluding steroid dienone is 1. The Labute approximate surface area is 108 Å². The molecule has 0 aliphatic heterocycles. The smallest absolute Gasteiger partial charge is 0.498 e. The number of nitrogens with zero attached hydrogens (tertiary/aromatic N) is 1. The molecule has 0 atom stereocenters. The number of hydrogen-bond acceptors (Lipinski definition) is 3. The average Bonchev–Trinajstić information content (AvgIpc) is 2.30. The number of aromatic nitrogens is 1. The molecule has 5 heteroatoms. The van der Waals surface area contributed by atoms with Crippen LogP contribution < -0.4 is 10.6 Å². The van der Waals surface area contributed by atoms with Crippen LogP contribution in [-0.4, -0.2) is 15.9 Å². The molecule has 0 spiro atoms. The monoisotopic (exact) mass is 327 g/mol. The molecule has 82 valence electrons. The molecular formula is C11H11BINO2. The Bertz CT molecular complexity index is 501. The molecule has 0 saturated carbocycles. The molecule has 0 unspecified atom stereocenters. The standard InChI is InChI=1S/C11H11BINO2/c1-3-5-10-6-4-7-14-11(10)9(2)16-12(13)8-15/h3-8H,1H2,2H3/b10-5-,11-9-. The third-order valence-electron chi connectivity index (χ3n) is 1.87. The van der Waals surface area contributed by atoms with E-state index in [1.807, 2.05) is 40.6 Å². The first-order chi connectivity index (χ1) is 7.69. The third-order valence-corrected chi connectivity index (χ3v) is 2.41. The van der Waals surface area contributed by atoms with E-state index >= 15 is 0 Å². The summed E-state index contributed by atoms with van der Waals surface area (Å²) < 4.78 is 4.90. The van der Waals surface area contributed by atoms with Crippen molar-refractivity contribution in [1.82, 2.24) is 4.98 Å². The zero-order valence-electron chi connectivity index (χ0n) is 8.89. The summed E-state index contributed by atoms with van der Waals surface area (Å²) in [5.74, 6) is 0.625. The summed E-state index contributed by atoms with van der Waals surface area (Å²) in [6.07, 6.45) is 5.96. The molecule has 0 saturated heterocycles. The number of rotatable bonds is 4. The minimum atomic E-state index is -0.490. The lowest BCUT2D eigenvalue weighted by Crippen LogP contribution is -2.31. The highest BCUT2D eigenvalue weighted by atomic mass is 127. The van der Waals surface area contributed by atoms with Gasteiger partial charge in [-0.25, -0.2) is 0 Å². The van der Waals surface area contributed by atoms with Crippen molar-refractivity contribution in [2.75, 3.05) is 0 Å². The van der Waals surface area contributed by atoms with E-state index in [1.54, 1.807) is 19.2 Å². The molecule has 1 aromatic rings. The average molecular weight is 327 g/mol. The molecule has 0 aromatic carbocycles. The van der Waals surface area contributed by atoms with Gasteiger partial charge >= 0.3 is 4.77 Å². The summed E-state index contributed by atoms with van der Waals surface area (Å²) >= 11 is 1.91. The van der Waals surface area contributed by atoms with Crippen molar-refractivity contribution in [2.24, 2.45) is 0 Å². The van der Waals surface area contributed by atoms with Crippen LogP contribution in [0.1, 0.15) is 6.92 Å².